The van der Waals surface area contributed by atoms with Crippen LogP contribution in [0.5, 0.6) is 0 Å². The van der Waals surface area contributed by atoms with Crippen molar-refractivity contribution in [1.82, 2.24) is 20.9 Å². The maximum absolute atomic E-state index is 14.5. The van der Waals surface area contributed by atoms with Gasteiger partial charge >= 0.3 is 12.1 Å². The minimum absolute atomic E-state index is 0.0826. The number of alkyl halides is 3. The van der Waals surface area contributed by atoms with E-state index in [0.29, 0.717) is 38.1 Å². The molecule has 0 aromatic rings. The first-order chi connectivity index (χ1) is 18.3. The first-order valence-corrected chi connectivity index (χ1v) is 15.0. The van der Waals surface area contributed by atoms with Gasteiger partial charge in [0, 0.05) is 25.3 Å². The summed E-state index contributed by atoms with van der Waals surface area (Å²) in [6.45, 7) is 4.91. The highest BCUT2D eigenvalue weighted by Gasteiger charge is 2.53. The molecule has 0 unspecified atom stereocenters. The van der Waals surface area contributed by atoms with Crippen LogP contribution >= 0.6 is 0 Å². The second-order valence-corrected chi connectivity index (χ2v) is 13.9. The monoisotopic (exact) mass is 596 g/mol. The molecule has 0 bridgehead atoms. The summed E-state index contributed by atoms with van der Waals surface area (Å²) in [5, 5.41) is 5.50. The number of hydrogen-bond donors (Lipinski definition) is 3. The van der Waals surface area contributed by atoms with Gasteiger partial charge in [-0.3, -0.25) is 19.2 Å². The number of hydrogen-bond acceptors (Lipinski definition) is 6. The number of nitrogens with one attached hydrogen (secondary N) is 3. The van der Waals surface area contributed by atoms with E-state index in [1.165, 1.54) is 25.7 Å². The molecule has 2 aliphatic heterocycles. The first kappa shape index (κ1) is 31.8. The van der Waals surface area contributed by atoms with Gasteiger partial charge in [-0.05, 0) is 49.0 Å². The smallest absolute Gasteiger partial charge is 0.356 e. The van der Waals surface area contributed by atoms with E-state index in [0.717, 1.165) is 6.42 Å². The van der Waals surface area contributed by atoms with Crippen LogP contribution in [0.3, 0.4) is 0 Å². The Morgan fingerprint density at radius 1 is 1.12 bits per heavy atom. The molecule has 4 amide bonds. The third kappa shape index (κ3) is 7.32. The van der Waals surface area contributed by atoms with Crippen LogP contribution in [0, 0.1) is 23.2 Å². The lowest BCUT2D eigenvalue weighted by Gasteiger charge is -2.36. The third-order valence-corrected chi connectivity index (χ3v) is 8.65. The fourth-order valence-electron chi connectivity index (χ4n) is 5.79. The quantitative estimate of drug-likeness (QED) is 0.364. The summed E-state index contributed by atoms with van der Waals surface area (Å²) in [4.78, 5) is 52.4. The number of nitrogens with zero attached hydrogens (tertiary/aromatic N) is 1. The summed E-state index contributed by atoms with van der Waals surface area (Å²) in [5.41, 5.74) is -1.14. The molecule has 10 nitrogen and oxygen atoms in total. The Morgan fingerprint density at radius 2 is 1.77 bits per heavy atom. The molecule has 1 aliphatic carbocycles. The fourth-order valence-corrected chi connectivity index (χ4v) is 6.20. The highest BCUT2D eigenvalue weighted by atomic mass is 32.2. The maximum Gasteiger partial charge on any atom is 0.471 e. The molecular weight excluding hydrogens is 560 g/mol. The summed E-state index contributed by atoms with van der Waals surface area (Å²) in [5.74, 6) is -5.25. The highest BCUT2D eigenvalue weighted by Crippen LogP contribution is 2.43. The Kier molecular flexibility index (Phi) is 9.26. The number of amides is 4. The zero-order valence-electron chi connectivity index (χ0n) is 22.8. The number of carbonyl (C=O) groups is 4. The third-order valence-electron chi connectivity index (χ3n) is 7.80. The average molecular weight is 597 g/mol. The first-order valence-electron chi connectivity index (χ1n) is 13.1. The molecule has 226 valence electrons. The number of carbonyl (C=O) groups excluding carboxylic acids is 4. The Bertz CT molecular complexity index is 1170. The maximum atomic E-state index is 14.5. The van der Waals surface area contributed by atoms with Crippen LogP contribution in [0.1, 0.15) is 52.9 Å². The lowest BCUT2D eigenvalue weighted by molar-refractivity contribution is -0.176. The zero-order chi connectivity index (χ0) is 30.2. The van der Waals surface area contributed by atoms with Crippen molar-refractivity contribution in [3.63, 3.8) is 0 Å². The summed E-state index contributed by atoms with van der Waals surface area (Å²) in [6, 6.07) is -3.95. The molecule has 3 aliphatic rings. The second kappa shape index (κ2) is 11.6. The van der Waals surface area contributed by atoms with Crippen molar-refractivity contribution in [2.75, 3.05) is 19.3 Å². The Balaban J connectivity index is 1.91. The van der Waals surface area contributed by atoms with E-state index in [4.69, 9.17) is 0 Å². The lowest BCUT2D eigenvalue weighted by atomic mass is 9.85. The normalized spacial score (nSPS) is 27.1. The van der Waals surface area contributed by atoms with Gasteiger partial charge in [-0.15, -0.1) is 0 Å². The fraction of sp³-hybridized carbons (Fsp3) is 0.760. The van der Waals surface area contributed by atoms with E-state index >= 15 is 0 Å². The number of halogens is 4. The van der Waals surface area contributed by atoms with Gasteiger partial charge in [-0.1, -0.05) is 27.2 Å². The van der Waals surface area contributed by atoms with Crippen molar-refractivity contribution >= 4 is 33.5 Å². The van der Waals surface area contributed by atoms with Gasteiger partial charge in [0.05, 0.1) is 6.04 Å². The van der Waals surface area contributed by atoms with E-state index in [9.17, 15) is 45.2 Å². The van der Waals surface area contributed by atoms with Gasteiger partial charge in [-0.25, -0.2) is 8.42 Å². The van der Waals surface area contributed by atoms with Gasteiger partial charge in [0.15, 0.2) is 0 Å². The molecule has 3 fully saturated rings. The Morgan fingerprint density at radius 3 is 2.30 bits per heavy atom. The average Bonchev–Trinajstić information content (AvgIpc) is 3.50. The van der Waals surface area contributed by atoms with Crippen molar-refractivity contribution in [2.45, 2.75) is 77.2 Å². The molecule has 1 saturated carbocycles. The van der Waals surface area contributed by atoms with E-state index in [1.807, 2.05) is 0 Å². The standard InChI is InChI=1S/C25H36F4N4O6S/c1-24(2,3)19(32-23(37)25(27,28)29)22(36)33-12-14-6-5-7-16(14)18(33)21(35)31-15(11-17(26)40(4,38)39)10-13-8-9-30-20(13)34/h11,13-16,18-19H,5-10,12H2,1-4H3,(H,30,34)(H,31,35)(H,32,37)/b17-11-/t13-,14+,15+,16+,18+,19+/m1/s1. The molecule has 0 aromatic heterocycles. The van der Waals surface area contributed by atoms with Crippen LogP contribution in [-0.4, -0.2) is 80.6 Å². The lowest BCUT2D eigenvalue weighted by Crippen LogP contribution is -2.60. The summed E-state index contributed by atoms with van der Waals surface area (Å²) < 4.78 is 77.1. The van der Waals surface area contributed by atoms with Gasteiger partial charge < -0.3 is 20.9 Å². The van der Waals surface area contributed by atoms with E-state index < -0.39 is 68.4 Å². The number of sulfone groups is 1. The molecule has 15 heteroatoms. The molecular formula is C25H36F4N4O6S. The number of rotatable bonds is 8. The largest absolute Gasteiger partial charge is 0.471 e. The predicted octanol–water partition coefficient (Wildman–Crippen LogP) is 1.57. The van der Waals surface area contributed by atoms with E-state index in [2.05, 4.69) is 10.6 Å². The summed E-state index contributed by atoms with van der Waals surface area (Å²) >= 11 is 0. The molecule has 0 aromatic carbocycles. The van der Waals surface area contributed by atoms with Crippen LogP contribution in [0.15, 0.2) is 11.2 Å². The number of fused-ring (bicyclic) bond motifs is 1. The molecule has 6 atom stereocenters. The van der Waals surface area contributed by atoms with Gasteiger partial charge in [0.25, 0.3) is 0 Å². The Hall–Kier alpha value is -2.71. The zero-order valence-corrected chi connectivity index (χ0v) is 23.6. The molecule has 40 heavy (non-hydrogen) atoms. The van der Waals surface area contributed by atoms with Crippen molar-refractivity contribution in [3.8, 4) is 0 Å². The van der Waals surface area contributed by atoms with Gasteiger partial charge in [0.2, 0.25) is 32.7 Å². The Labute approximate surface area is 230 Å². The molecule has 2 heterocycles. The second-order valence-electron chi connectivity index (χ2n) is 11.9. The molecule has 0 spiro atoms. The van der Waals surface area contributed by atoms with E-state index in [-0.39, 0.29) is 30.7 Å². The SMILES string of the molecule is CC(C)(C)[C@@H](NC(=O)C(F)(F)F)C(=O)N1C[C@@H]2CCC[C@@H]2[C@H]1C(=O)N[C@H](/C=C(/F)S(C)(=O)=O)C[C@H]1CCNC1=O. The summed E-state index contributed by atoms with van der Waals surface area (Å²) in [6.07, 6.45) is -1.55. The molecule has 0 radical (unpaired) electrons. The van der Waals surface area contributed by atoms with Crippen LogP contribution in [-0.2, 0) is 29.0 Å². The number of likely N-dealkylation sites (tertiary alicyclic amines) is 1. The highest BCUT2D eigenvalue weighted by molar-refractivity contribution is 7.94. The van der Waals surface area contributed by atoms with Crippen LogP contribution in [0.2, 0.25) is 0 Å². The van der Waals surface area contributed by atoms with Gasteiger partial charge in [0.1, 0.15) is 12.1 Å². The van der Waals surface area contributed by atoms with Crippen LogP contribution in [0.4, 0.5) is 17.6 Å². The summed E-state index contributed by atoms with van der Waals surface area (Å²) in [7, 11) is -4.24. The molecule has 2 saturated heterocycles. The van der Waals surface area contributed by atoms with E-state index in [1.54, 1.807) is 5.32 Å². The van der Waals surface area contributed by atoms with Crippen LogP contribution < -0.4 is 16.0 Å². The minimum Gasteiger partial charge on any atom is -0.356 e. The molecule has 3 N–H and O–H groups in total. The topological polar surface area (TPSA) is 142 Å². The van der Waals surface area contributed by atoms with Gasteiger partial charge in [-0.2, -0.15) is 17.6 Å². The van der Waals surface area contributed by atoms with Crippen LogP contribution in [0.25, 0.3) is 0 Å². The molecule has 3 rings (SSSR count). The van der Waals surface area contributed by atoms with Crippen molar-refractivity contribution in [3.05, 3.63) is 11.2 Å². The minimum atomic E-state index is -5.22. The van der Waals surface area contributed by atoms with Crippen molar-refractivity contribution in [1.29, 1.82) is 0 Å². The van der Waals surface area contributed by atoms with Crippen molar-refractivity contribution < 1.29 is 45.2 Å². The predicted molar refractivity (Wildman–Crippen MR) is 135 cm³/mol. The van der Waals surface area contributed by atoms with Crippen molar-refractivity contribution in [2.24, 2.45) is 23.2 Å².